The Morgan fingerprint density at radius 3 is 2.42 bits per heavy atom. The van der Waals surface area contributed by atoms with Crippen molar-refractivity contribution in [1.82, 2.24) is 5.32 Å². The fourth-order valence-electron chi connectivity index (χ4n) is 4.22. The first kappa shape index (κ1) is 15.0. The molecule has 2 nitrogen and oxygen atoms in total. The van der Waals surface area contributed by atoms with E-state index < -0.39 is 0 Å². The van der Waals surface area contributed by atoms with Gasteiger partial charge in [-0.25, -0.2) is 0 Å². The first-order chi connectivity index (χ1) is 9.09. The molecule has 19 heavy (non-hydrogen) atoms. The summed E-state index contributed by atoms with van der Waals surface area (Å²) in [6.45, 7) is 8.97. The molecule has 2 rings (SSSR count). The summed E-state index contributed by atoms with van der Waals surface area (Å²) in [4.78, 5) is 13.1. The molecule has 1 N–H and O–H groups in total. The Kier molecular flexibility index (Phi) is 5.05. The molecule has 3 atom stereocenters. The zero-order valence-electron chi connectivity index (χ0n) is 13.0. The van der Waals surface area contributed by atoms with Gasteiger partial charge in [0.15, 0.2) is 0 Å². The average Bonchev–Trinajstić information content (AvgIpc) is 2.42. The first-order valence-electron chi connectivity index (χ1n) is 8.34. The van der Waals surface area contributed by atoms with Crippen molar-refractivity contribution in [1.29, 1.82) is 0 Å². The van der Waals surface area contributed by atoms with Gasteiger partial charge in [-0.1, -0.05) is 27.2 Å². The van der Waals surface area contributed by atoms with E-state index >= 15 is 0 Å². The largest absolute Gasteiger partial charge is 0.317 e. The van der Waals surface area contributed by atoms with Crippen LogP contribution in [0.1, 0.15) is 65.7 Å². The van der Waals surface area contributed by atoms with Gasteiger partial charge in [0.1, 0.15) is 5.78 Å². The zero-order chi connectivity index (χ0) is 13.9. The van der Waals surface area contributed by atoms with Gasteiger partial charge >= 0.3 is 0 Å². The third-order valence-electron chi connectivity index (χ3n) is 5.78. The summed E-state index contributed by atoms with van der Waals surface area (Å²) in [7, 11) is 0. The highest BCUT2D eigenvalue weighted by Crippen LogP contribution is 2.43. The Bertz CT molecular complexity index is 301. The van der Waals surface area contributed by atoms with Gasteiger partial charge in [0.25, 0.3) is 0 Å². The van der Waals surface area contributed by atoms with Crippen molar-refractivity contribution < 1.29 is 4.79 Å². The molecular weight excluding hydrogens is 234 g/mol. The monoisotopic (exact) mass is 265 g/mol. The van der Waals surface area contributed by atoms with Crippen molar-refractivity contribution in [2.24, 2.45) is 23.2 Å². The Balaban J connectivity index is 2.06. The molecule has 110 valence electrons. The van der Waals surface area contributed by atoms with E-state index in [1.807, 2.05) is 0 Å². The van der Waals surface area contributed by atoms with E-state index in [1.165, 1.54) is 6.42 Å². The number of carbonyl (C=O) groups excluding carboxylic acids is 1. The molecule has 1 saturated carbocycles. The van der Waals surface area contributed by atoms with Crippen LogP contribution in [0.25, 0.3) is 0 Å². The van der Waals surface area contributed by atoms with Gasteiger partial charge < -0.3 is 5.32 Å². The molecule has 0 amide bonds. The number of hydrogen-bond acceptors (Lipinski definition) is 2. The van der Waals surface area contributed by atoms with Gasteiger partial charge in [0.05, 0.1) is 0 Å². The lowest BCUT2D eigenvalue weighted by Crippen LogP contribution is -2.45. The molecule has 0 radical (unpaired) electrons. The fourth-order valence-corrected chi connectivity index (χ4v) is 4.22. The second-order valence-electron chi connectivity index (χ2n) is 7.11. The first-order valence-corrected chi connectivity index (χ1v) is 8.34. The van der Waals surface area contributed by atoms with Crippen molar-refractivity contribution in [2.75, 3.05) is 13.1 Å². The van der Waals surface area contributed by atoms with Crippen LogP contribution in [0, 0.1) is 23.2 Å². The molecule has 0 bridgehead atoms. The van der Waals surface area contributed by atoms with Crippen LogP contribution in [0.2, 0.25) is 0 Å². The fraction of sp³-hybridized carbons (Fsp3) is 0.941. The quantitative estimate of drug-likeness (QED) is 0.837. The second kappa shape index (κ2) is 6.39. The number of nitrogens with one attached hydrogen (secondary N) is 1. The minimum atomic E-state index is 0.0188. The predicted octanol–water partition coefficient (Wildman–Crippen LogP) is 3.80. The Hall–Kier alpha value is -0.370. The molecule has 2 aliphatic rings. The van der Waals surface area contributed by atoms with Crippen LogP contribution in [-0.2, 0) is 4.79 Å². The molecule has 0 aromatic rings. The summed E-state index contributed by atoms with van der Waals surface area (Å²) in [6.07, 6.45) is 7.92. The Morgan fingerprint density at radius 2 is 1.84 bits per heavy atom. The SMILES string of the molecule is CCCC1(C(=O)C2CCC(C)C(C)C2)CCNCC1. The third-order valence-corrected chi connectivity index (χ3v) is 5.78. The average molecular weight is 265 g/mol. The smallest absolute Gasteiger partial charge is 0.142 e. The van der Waals surface area contributed by atoms with Gasteiger partial charge in [-0.15, -0.1) is 0 Å². The predicted molar refractivity (Wildman–Crippen MR) is 80.1 cm³/mol. The molecule has 1 aliphatic heterocycles. The number of ketones is 1. The molecule has 3 unspecified atom stereocenters. The lowest BCUT2D eigenvalue weighted by atomic mass is 9.64. The number of hydrogen-bond donors (Lipinski definition) is 1. The molecule has 1 aliphatic carbocycles. The molecule has 2 fully saturated rings. The minimum absolute atomic E-state index is 0.0188. The highest BCUT2D eigenvalue weighted by Gasteiger charge is 2.43. The molecule has 1 heterocycles. The summed E-state index contributed by atoms with van der Waals surface area (Å²) in [5, 5.41) is 3.42. The molecule has 0 aromatic heterocycles. The summed E-state index contributed by atoms with van der Waals surface area (Å²) < 4.78 is 0. The van der Waals surface area contributed by atoms with E-state index in [1.54, 1.807) is 0 Å². The van der Waals surface area contributed by atoms with Crippen LogP contribution in [-0.4, -0.2) is 18.9 Å². The lowest BCUT2D eigenvalue weighted by molar-refractivity contribution is -0.137. The van der Waals surface area contributed by atoms with Crippen LogP contribution in [0.5, 0.6) is 0 Å². The van der Waals surface area contributed by atoms with Crippen LogP contribution in [0.4, 0.5) is 0 Å². The van der Waals surface area contributed by atoms with Crippen LogP contribution < -0.4 is 5.32 Å². The van der Waals surface area contributed by atoms with Crippen LogP contribution >= 0.6 is 0 Å². The number of carbonyl (C=O) groups is 1. The molecule has 0 spiro atoms. The third kappa shape index (κ3) is 3.21. The van der Waals surface area contributed by atoms with E-state index in [0.29, 0.717) is 11.7 Å². The molecular formula is C17H31NO. The Labute approximate surface area is 118 Å². The van der Waals surface area contributed by atoms with Crippen LogP contribution in [0.15, 0.2) is 0 Å². The van der Waals surface area contributed by atoms with Gasteiger partial charge in [0, 0.05) is 11.3 Å². The van der Waals surface area contributed by atoms with Crippen molar-refractivity contribution in [2.45, 2.75) is 65.7 Å². The van der Waals surface area contributed by atoms with Gasteiger partial charge in [0.2, 0.25) is 0 Å². The molecule has 0 aromatic carbocycles. The summed E-state index contributed by atoms with van der Waals surface area (Å²) in [5.41, 5.74) is 0.0188. The lowest BCUT2D eigenvalue weighted by Gasteiger charge is -2.41. The van der Waals surface area contributed by atoms with Crippen molar-refractivity contribution in [3.63, 3.8) is 0 Å². The van der Waals surface area contributed by atoms with Gasteiger partial charge in [-0.3, -0.25) is 4.79 Å². The van der Waals surface area contributed by atoms with E-state index in [4.69, 9.17) is 0 Å². The highest BCUT2D eigenvalue weighted by molar-refractivity contribution is 5.87. The maximum absolute atomic E-state index is 13.1. The van der Waals surface area contributed by atoms with E-state index in [-0.39, 0.29) is 5.41 Å². The van der Waals surface area contributed by atoms with Crippen molar-refractivity contribution >= 4 is 5.78 Å². The van der Waals surface area contributed by atoms with Gasteiger partial charge in [-0.05, 0) is 63.5 Å². The second-order valence-corrected chi connectivity index (χ2v) is 7.11. The van der Waals surface area contributed by atoms with Crippen molar-refractivity contribution in [3.05, 3.63) is 0 Å². The summed E-state index contributed by atoms with van der Waals surface area (Å²) in [5.74, 6) is 2.51. The zero-order valence-corrected chi connectivity index (χ0v) is 13.0. The maximum Gasteiger partial charge on any atom is 0.142 e. The highest BCUT2D eigenvalue weighted by atomic mass is 16.1. The standard InChI is InChI=1S/C17H31NO/c1-4-7-17(8-10-18-11-9-17)16(19)15-6-5-13(2)14(3)12-15/h13-15,18H,4-12H2,1-3H3. The van der Waals surface area contributed by atoms with Crippen molar-refractivity contribution in [3.8, 4) is 0 Å². The maximum atomic E-state index is 13.1. The van der Waals surface area contributed by atoms with E-state index in [9.17, 15) is 4.79 Å². The number of Topliss-reactive ketones (excluding diaryl/α,β-unsaturated/α-hetero) is 1. The molecule has 1 saturated heterocycles. The number of piperidine rings is 1. The summed E-state index contributed by atoms with van der Waals surface area (Å²) in [6, 6.07) is 0. The van der Waals surface area contributed by atoms with E-state index in [2.05, 4.69) is 26.1 Å². The minimum Gasteiger partial charge on any atom is -0.317 e. The van der Waals surface area contributed by atoms with E-state index in [0.717, 1.165) is 63.5 Å². The topological polar surface area (TPSA) is 29.1 Å². The Morgan fingerprint density at radius 1 is 1.16 bits per heavy atom. The van der Waals surface area contributed by atoms with Gasteiger partial charge in [-0.2, -0.15) is 0 Å². The number of rotatable bonds is 4. The molecule has 2 heteroatoms. The summed E-state index contributed by atoms with van der Waals surface area (Å²) >= 11 is 0. The normalized spacial score (nSPS) is 35.0. The van der Waals surface area contributed by atoms with Crippen LogP contribution in [0.3, 0.4) is 0 Å².